The molecule has 2 heteroatoms. The van der Waals surface area contributed by atoms with E-state index in [1.54, 1.807) is 0 Å². The molecule has 4 fully saturated rings. The first kappa shape index (κ1) is 11.0. The molecule has 0 amide bonds. The highest BCUT2D eigenvalue weighted by molar-refractivity contribution is 4.97. The van der Waals surface area contributed by atoms with Crippen LogP contribution in [0, 0.1) is 11.3 Å². The molecule has 2 nitrogen and oxygen atoms in total. The summed E-state index contributed by atoms with van der Waals surface area (Å²) in [6, 6.07) is 0.817. The van der Waals surface area contributed by atoms with Crippen LogP contribution in [0.5, 0.6) is 0 Å². The van der Waals surface area contributed by atoms with Crippen molar-refractivity contribution < 1.29 is 0 Å². The van der Waals surface area contributed by atoms with Gasteiger partial charge in [-0.2, -0.15) is 0 Å². The Morgan fingerprint density at radius 1 is 1.25 bits per heavy atom. The molecule has 3 aliphatic heterocycles. The van der Waals surface area contributed by atoms with Crippen LogP contribution in [0.15, 0.2) is 0 Å². The zero-order valence-corrected chi connectivity index (χ0v) is 10.7. The molecule has 3 saturated heterocycles. The Morgan fingerprint density at radius 2 is 2.00 bits per heavy atom. The summed E-state index contributed by atoms with van der Waals surface area (Å²) in [5.74, 6) is 0.988. The molecule has 0 radical (unpaired) electrons. The topological polar surface area (TPSA) is 15.3 Å². The summed E-state index contributed by atoms with van der Waals surface area (Å²) < 4.78 is 0. The maximum Gasteiger partial charge on any atom is 0.0224 e. The second-order valence-electron chi connectivity index (χ2n) is 6.38. The Bertz CT molecular complexity index is 239. The van der Waals surface area contributed by atoms with Gasteiger partial charge in [0.05, 0.1) is 0 Å². The van der Waals surface area contributed by atoms with Crippen molar-refractivity contribution in [3.8, 4) is 0 Å². The molecule has 1 saturated carbocycles. The third-order valence-corrected chi connectivity index (χ3v) is 5.13. The maximum atomic E-state index is 3.90. The predicted molar refractivity (Wildman–Crippen MR) is 67.5 cm³/mol. The maximum absolute atomic E-state index is 3.90. The van der Waals surface area contributed by atoms with Gasteiger partial charge in [0.1, 0.15) is 0 Å². The molecule has 1 N–H and O–H groups in total. The van der Waals surface area contributed by atoms with E-state index in [9.17, 15) is 0 Å². The molecule has 2 bridgehead atoms. The highest BCUT2D eigenvalue weighted by atomic mass is 15.2. The average molecular weight is 222 g/mol. The van der Waals surface area contributed by atoms with Crippen molar-refractivity contribution in [3.63, 3.8) is 0 Å². The van der Waals surface area contributed by atoms with Crippen LogP contribution in [0.1, 0.15) is 45.4 Å². The highest BCUT2D eigenvalue weighted by Gasteiger charge is 2.42. The Morgan fingerprint density at radius 3 is 2.50 bits per heavy atom. The summed E-state index contributed by atoms with van der Waals surface area (Å²) in [5, 5.41) is 3.90. The van der Waals surface area contributed by atoms with Gasteiger partial charge in [-0.3, -0.25) is 0 Å². The molecule has 1 unspecified atom stereocenters. The fourth-order valence-electron chi connectivity index (χ4n) is 3.77. The highest BCUT2D eigenvalue weighted by Crippen LogP contribution is 2.49. The van der Waals surface area contributed by atoms with Gasteiger partial charge in [-0.05, 0) is 56.5 Å². The lowest BCUT2D eigenvalue weighted by Gasteiger charge is -2.45. The van der Waals surface area contributed by atoms with Crippen molar-refractivity contribution in [1.82, 2.24) is 10.2 Å². The minimum atomic E-state index is 0.723. The van der Waals surface area contributed by atoms with Crippen LogP contribution in [-0.2, 0) is 0 Å². The summed E-state index contributed by atoms with van der Waals surface area (Å²) in [6.45, 7) is 7.68. The van der Waals surface area contributed by atoms with Crippen LogP contribution < -0.4 is 5.32 Å². The van der Waals surface area contributed by atoms with Crippen molar-refractivity contribution in [1.29, 1.82) is 0 Å². The van der Waals surface area contributed by atoms with E-state index in [2.05, 4.69) is 17.1 Å². The molecule has 4 aliphatic rings. The molecule has 0 aromatic rings. The molecule has 0 spiro atoms. The number of hydrogen-bond acceptors (Lipinski definition) is 2. The first-order valence-corrected chi connectivity index (χ1v) is 7.27. The molecule has 3 heterocycles. The van der Waals surface area contributed by atoms with Gasteiger partial charge in [-0.1, -0.05) is 13.3 Å². The normalized spacial score (nSPS) is 39.9. The zero-order chi connectivity index (χ0) is 11.0. The molecular weight excluding hydrogens is 196 g/mol. The van der Waals surface area contributed by atoms with Crippen molar-refractivity contribution in [2.75, 3.05) is 26.2 Å². The minimum Gasteiger partial charge on any atom is -0.312 e. The Labute approximate surface area is 99.8 Å². The van der Waals surface area contributed by atoms with Crippen LogP contribution in [-0.4, -0.2) is 37.1 Å². The average Bonchev–Trinajstić information content (AvgIpc) is 3.09. The van der Waals surface area contributed by atoms with Crippen LogP contribution in [0.25, 0.3) is 0 Å². The van der Waals surface area contributed by atoms with Crippen LogP contribution >= 0.6 is 0 Å². The first-order chi connectivity index (χ1) is 7.81. The second-order valence-corrected chi connectivity index (χ2v) is 6.38. The first-order valence-electron chi connectivity index (χ1n) is 7.27. The monoisotopic (exact) mass is 222 g/mol. The third-order valence-electron chi connectivity index (χ3n) is 5.13. The molecule has 4 rings (SSSR count). The number of nitrogens with zero attached hydrogens (tertiary/aromatic N) is 1. The number of rotatable bonds is 5. The van der Waals surface area contributed by atoms with Gasteiger partial charge in [0.15, 0.2) is 0 Å². The van der Waals surface area contributed by atoms with Gasteiger partial charge in [-0.25, -0.2) is 0 Å². The lowest BCUT2D eigenvalue weighted by atomic mass is 9.83. The Kier molecular flexibility index (Phi) is 2.97. The number of piperidine rings is 3. The Balaban J connectivity index is 1.48. The number of fused-ring (bicyclic) bond motifs is 3. The van der Waals surface area contributed by atoms with E-state index >= 15 is 0 Å². The van der Waals surface area contributed by atoms with Crippen LogP contribution in [0.2, 0.25) is 0 Å². The fraction of sp³-hybridized carbons (Fsp3) is 1.00. The second kappa shape index (κ2) is 4.30. The predicted octanol–water partition coefficient (Wildman–Crippen LogP) is 2.25. The summed E-state index contributed by atoms with van der Waals surface area (Å²) in [6.07, 6.45) is 8.66. The van der Waals surface area contributed by atoms with Gasteiger partial charge in [0, 0.05) is 19.1 Å². The summed E-state index contributed by atoms with van der Waals surface area (Å²) in [5.41, 5.74) is 0.723. The van der Waals surface area contributed by atoms with E-state index in [0.29, 0.717) is 0 Å². The van der Waals surface area contributed by atoms with E-state index in [-0.39, 0.29) is 0 Å². The molecule has 1 atom stereocenters. The summed E-state index contributed by atoms with van der Waals surface area (Å²) >= 11 is 0. The molecule has 92 valence electrons. The van der Waals surface area contributed by atoms with Gasteiger partial charge in [-0.15, -0.1) is 0 Å². The van der Waals surface area contributed by atoms with E-state index in [0.717, 1.165) is 17.4 Å². The number of nitrogens with one attached hydrogen (secondary N) is 1. The molecular formula is C14H26N2. The van der Waals surface area contributed by atoms with E-state index < -0.39 is 0 Å². The fourth-order valence-corrected chi connectivity index (χ4v) is 3.77. The van der Waals surface area contributed by atoms with E-state index in [1.165, 1.54) is 64.7 Å². The van der Waals surface area contributed by atoms with Crippen molar-refractivity contribution >= 4 is 0 Å². The largest absolute Gasteiger partial charge is 0.312 e. The summed E-state index contributed by atoms with van der Waals surface area (Å²) in [7, 11) is 0. The van der Waals surface area contributed by atoms with Crippen LogP contribution in [0.3, 0.4) is 0 Å². The molecule has 0 aromatic heterocycles. The number of hydrogen-bond donors (Lipinski definition) is 1. The quantitative estimate of drug-likeness (QED) is 0.767. The third kappa shape index (κ3) is 2.14. The summed E-state index contributed by atoms with van der Waals surface area (Å²) in [4.78, 5) is 2.65. The SMILES string of the molecule is CCCC1(CNC2CN3CCC2CC3)CC1. The van der Waals surface area contributed by atoms with Gasteiger partial charge in [0.25, 0.3) is 0 Å². The van der Waals surface area contributed by atoms with Gasteiger partial charge < -0.3 is 10.2 Å². The molecule has 16 heavy (non-hydrogen) atoms. The van der Waals surface area contributed by atoms with Crippen LogP contribution in [0.4, 0.5) is 0 Å². The minimum absolute atomic E-state index is 0.723. The smallest absolute Gasteiger partial charge is 0.0224 e. The van der Waals surface area contributed by atoms with Crippen molar-refractivity contribution in [2.45, 2.75) is 51.5 Å². The lowest BCUT2D eigenvalue weighted by Crippen LogP contribution is -2.56. The van der Waals surface area contributed by atoms with Gasteiger partial charge >= 0.3 is 0 Å². The van der Waals surface area contributed by atoms with Crippen molar-refractivity contribution in [3.05, 3.63) is 0 Å². The van der Waals surface area contributed by atoms with E-state index in [1.807, 2.05) is 0 Å². The lowest BCUT2D eigenvalue weighted by molar-refractivity contribution is 0.0698. The van der Waals surface area contributed by atoms with Gasteiger partial charge in [0.2, 0.25) is 0 Å². The Hall–Kier alpha value is -0.0800. The molecule has 0 aromatic carbocycles. The van der Waals surface area contributed by atoms with Crippen molar-refractivity contribution in [2.24, 2.45) is 11.3 Å². The standard InChI is InChI=1S/C14H26N2/c1-2-5-14(6-7-14)11-15-13-10-16-8-3-12(13)4-9-16/h12-13,15H,2-11H2,1H3. The molecule has 1 aliphatic carbocycles. The van der Waals surface area contributed by atoms with E-state index in [4.69, 9.17) is 0 Å². The zero-order valence-electron chi connectivity index (χ0n) is 10.7.